The van der Waals surface area contributed by atoms with Gasteiger partial charge in [0.2, 0.25) is 0 Å². The van der Waals surface area contributed by atoms with E-state index in [9.17, 15) is 26.3 Å². The number of benzene rings is 2. The first-order valence-corrected chi connectivity index (χ1v) is 7.01. The highest BCUT2D eigenvalue weighted by Gasteiger charge is 2.36. The minimum absolute atomic E-state index is 0.101. The molecule has 0 aliphatic heterocycles. The quantitative estimate of drug-likeness (QED) is 0.413. The highest BCUT2D eigenvalue weighted by atomic mass is 79.9. The van der Waals surface area contributed by atoms with Gasteiger partial charge in [0.1, 0.15) is 0 Å². The Labute approximate surface area is 135 Å². The van der Waals surface area contributed by atoms with Gasteiger partial charge in [0, 0.05) is 9.37 Å². The summed E-state index contributed by atoms with van der Waals surface area (Å²) in [6.45, 7) is 0. The lowest BCUT2D eigenvalue weighted by molar-refractivity contribution is -0.143. The molecule has 22 heavy (non-hydrogen) atoms. The van der Waals surface area contributed by atoms with Crippen LogP contribution in [0.2, 0.25) is 0 Å². The third-order valence-corrected chi connectivity index (χ3v) is 4.24. The van der Waals surface area contributed by atoms with Gasteiger partial charge in [-0.15, -0.1) is 12.6 Å². The zero-order valence-corrected chi connectivity index (χ0v) is 13.0. The molecule has 0 radical (unpaired) electrons. The third kappa shape index (κ3) is 3.78. The fourth-order valence-electron chi connectivity index (χ4n) is 1.81. The van der Waals surface area contributed by atoms with Crippen molar-refractivity contribution in [3.63, 3.8) is 0 Å². The van der Waals surface area contributed by atoms with Gasteiger partial charge in [0.15, 0.2) is 0 Å². The molecule has 118 valence electrons. The first kappa shape index (κ1) is 17.2. The first-order valence-electron chi connectivity index (χ1n) is 5.77. The van der Waals surface area contributed by atoms with Gasteiger partial charge in [0.25, 0.3) is 0 Å². The Hall–Kier alpha value is -1.15. The van der Waals surface area contributed by atoms with Gasteiger partial charge in [-0.05, 0) is 57.4 Å². The Morgan fingerprint density at radius 3 is 1.64 bits per heavy atom. The van der Waals surface area contributed by atoms with E-state index >= 15 is 0 Å². The molecule has 0 heterocycles. The van der Waals surface area contributed by atoms with Crippen LogP contribution < -0.4 is 0 Å². The van der Waals surface area contributed by atoms with Crippen molar-refractivity contribution in [2.75, 3.05) is 0 Å². The van der Waals surface area contributed by atoms with E-state index in [2.05, 4.69) is 28.6 Å². The standard InChI is InChI=1S/C14H7BrF6S/c15-11-2-1-7(5-12(11)22)8-3-9(13(16,17)18)6-10(4-8)14(19,20)21/h1-6,22H. The summed E-state index contributed by atoms with van der Waals surface area (Å²) < 4.78 is 77.4. The molecular formula is C14H7BrF6S. The number of halogens is 7. The molecule has 0 saturated heterocycles. The van der Waals surface area contributed by atoms with Crippen LogP contribution in [0.4, 0.5) is 26.3 Å². The predicted molar refractivity (Wildman–Crippen MR) is 76.8 cm³/mol. The lowest BCUT2D eigenvalue weighted by Gasteiger charge is -2.14. The van der Waals surface area contributed by atoms with E-state index in [0.29, 0.717) is 21.5 Å². The van der Waals surface area contributed by atoms with Gasteiger partial charge in [-0.25, -0.2) is 0 Å². The van der Waals surface area contributed by atoms with Crippen LogP contribution in [0.1, 0.15) is 11.1 Å². The summed E-state index contributed by atoms with van der Waals surface area (Å²) >= 11 is 7.25. The molecule has 0 spiro atoms. The first-order chi connectivity index (χ1) is 9.98. The number of hydrogen-bond acceptors (Lipinski definition) is 1. The van der Waals surface area contributed by atoms with E-state index in [4.69, 9.17) is 0 Å². The molecule has 2 rings (SSSR count). The Bertz CT molecular complexity index is 673. The largest absolute Gasteiger partial charge is 0.416 e. The molecule has 0 unspecified atom stereocenters. The van der Waals surface area contributed by atoms with Crippen LogP contribution in [0.5, 0.6) is 0 Å². The minimum Gasteiger partial charge on any atom is -0.166 e. The van der Waals surface area contributed by atoms with Gasteiger partial charge in [0.05, 0.1) is 11.1 Å². The Kier molecular flexibility index (Phi) is 4.54. The molecule has 0 aromatic heterocycles. The fourth-order valence-corrected chi connectivity index (χ4v) is 2.27. The van der Waals surface area contributed by atoms with Crippen LogP contribution in [0.15, 0.2) is 45.8 Å². The molecular weight excluding hydrogens is 394 g/mol. The number of hydrogen-bond donors (Lipinski definition) is 1. The summed E-state index contributed by atoms with van der Waals surface area (Å²) in [6, 6.07) is 5.79. The molecule has 0 nitrogen and oxygen atoms in total. The smallest absolute Gasteiger partial charge is 0.166 e. The maximum atomic E-state index is 12.8. The molecule has 0 aliphatic carbocycles. The SMILES string of the molecule is FC(F)(F)c1cc(-c2ccc(Br)c(S)c2)cc(C(F)(F)F)c1. The lowest BCUT2D eigenvalue weighted by Crippen LogP contribution is -2.11. The normalized spacial score (nSPS) is 12.5. The summed E-state index contributed by atoms with van der Waals surface area (Å²) in [4.78, 5) is 0.406. The molecule has 0 bridgehead atoms. The second-order valence-corrected chi connectivity index (χ2v) is 5.80. The van der Waals surface area contributed by atoms with E-state index in [1.54, 1.807) is 0 Å². The molecule has 0 aliphatic rings. The molecule has 2 aromatic carbocycles. The van der Waals surface area contributed by atoms with Gasteiger partial charge >= 0.3 is 12.4 Å². The Balaban J connectivity index is 2.67. The van der Waals surface area contributed by atoms with Gasteiger partial charge < -0.3 is 0 Å². The third-order valence-electron chi connectivity index (χ3n) is 2.87. The van der Waals surface area contributed by atoms with Crippen LogP contribution in [0.3, 0.4) is 0 Å². The number of rotatable bonds is 1. The summed E-state index contributed by atoms with van der Waals surface area (Å²) in [6.07, 6.45) is -9.73. The molecule has 0 atom stereocenters. The van der Waals surface area contributed by atoms with Crippen LogP contribution >= 0.6 is 28.6 Å². The van der Waals surface area contributed by atoms with Crippen molar-refractivity contribution in [3.8, 4) is 11.1 Å². The monoisotopic (exact) mass is 400 g/mol. The molecule has 8 heteroatoms. The Morgan fingerprint density at radius 1 is 0.727 bits per heavy atom. The molecule has 0 saturated carbocycles. The summed E-state index contributed by atoms with van der Waals surface area (Å²) in [7, 11) is 0. The van der Waals surface area contributed by atoms with Crippen LogP contribution in [-0.2, 0) is 12.4 Å². The van der Waals surface area contributed by atoms with Crippen LogP contribution in [0, 0.1) is 0 Å². The predicted octanol–water partition coefficient (Wildman–Crippen LogP) is 6.44. The second kappa shape index (κ2) is 5.81. The highest BCUT2D eigenvalue weighted by molar-refractivity contribution is 9.10. The molecule has 0 fully saturated rings. The van der Waals surface area contributed by atoms with Crippen molar-refractivity contribution in [1.82, 2.24) is 0 Å². The topological polar surface area (TPSA) is 0 Å². The molecule has 2 aromatic rings. The zero-order valence-electron chi connectivity index (χ0n) is 10.6. The van der Waals surface area contributed by atoms with Gasteiger partial charge in [-0.1, -0.05) is 6.07 Å². The number of thiol groups is 1. The summed E-state index contributed by atoms with van der Waals surface area (Å²) in [5.41, 5.74) is -2.66. The van der Waals surface area contributed by atoms with Crippen molar-refractivity contribution in [3.05, 3.63) is 52.0 Å². The van der Waals surface area contributed by atoms with E-state index < -0.39 is 23.5 Å². The molecule has 0 N–H and O–H groups in total. The minimum atomic E-state index is -4.87. The van der Waals surface area contributed by atoms with Crippen molar-refractivity contribution < 1.29 is 26.3 Å². The maximum Gasteiger partial charge on any atom is 0.416 e. The average molecular weight is 401 g/mol. The van der Waals surface area contributed by atoms with Gasteiger partial charge in [-0.2, -0.15) is 26.3 Å². The Morgan fingerprint density at radius 2 is 1.23 bits per heavy atom. The summed E-state index contributed by atoms with van der Waals surface area (Å²) in [5, 5.41) is 0. The average Bonchev–Trinajstić information content (AvgIpc) is 2.39. The van der Waals surface area contributed by atoms with E-state index in [0.717, 1.165) is 0 Å². The zero-order chi connectivity index (χ0) is 16.7. The van der Waals surface area contributed by atoms with Crippen LogP contribution in [-0.4, -0.2) is 0 Å². The summed E-state index contributed by atoms with van der Waals surface area (Å²) in [5.74, 6) is 0. The van der Waals surface area contributed by atoms with E-state index in [-0.39, 0.29) is 17.2 Å². The van der Waals surface area contributed by atoms with Crippen molar-refractivity contribution in [2.24, 2.45) is 0 Å². The second-order valence-electron chi connectivity index (χ2n) is 4.46. The van der Waals surface area contributed by atoms with Gasteiger partial charge in [-0.3, -0.25) is 0 Å². The molecule has 0 amide bonds. The number of alkyl halides is 6. The van der Waals surface area contributed by atoms with Crippen molar-refractivity contribution >= 4 is 28.6 Å². The maximum absolute atomic E-state index is 12.8. The fraction of sp³-hybridized carbons (Fsp3) is 0.143. The lowest BCUT2D eigenvalue weighted by atomic mass is 9.99. The van der Waals surface area contributed by atoms with Crippen molar-refractivity contribution in [2.45, 2.75) is 17.2 Å². The van der Waals surface area contributed by atoms with Crippen molar-refractivity contribution in [1.29, 1.82) is 0 Å². The van der Waals surface area contributed by atoms with E-state index in [1.165, 1.54) is 18.2 Å². The van der Waals surface area contributed by atoms with E-state index in [1.807, 2.05) is 0 Å². The highest BCUT2D eigenvalue weighted by Crippen LogP contribution is 2.39. The van der Waals surface area contributed by atoms with Crippen LogP contribution in [0.25, 0.3) is 11.1 Å².